The first-order valence-corrected chi connectivity index (χ1v) is 5.69. The third-order valence-electron chi connectivity index (χ3n) is 3.09. The number of halogens is 3. The summed E-state index contributed by atoms with van der Waals surface area (Å²) >= 11 is 0. The standard InChI is InChI=1S/C12H12F3N3/c13-12(14,15)10-4-2-6-18(8-10)11-9(7-16)3-1-5-17-11/h1,3,5,10H,2,4,6,8H2/t10-/m0/s1. The minimum atomic E-state index is -4.18. The Kier molecular flexibility index (Phi) is 3.41. The molecule has 0 bridgehead atoms. The van der Waals surface area contributed by atoms with Crippen LogP contribution in [0.5, 0.6) is 0 Å². The molecule has 0 amide bonds. The average molecular weight is 255 g/mol. The summed E-state index contributed by atoms with van der Waals surface area (Å²) in [5.41, 5.74) is 0.320. The number of hydrogen-bond acceptors (Lipinski definition) is 3. The molecule has 1 saturated heterocycles. The summed E-state index contributed by atoms with van der Waals surface area (Å²) in [5.74, 6) is -0.978. The fraction of sp³-hybridized carbons (Fsp3) is 0.500. The molecule has 0 spiro atoms. The summed E-state index contributed by atoms with van der Waals surface area (Å²) < 4.78 is 38.1. The molecular weight excluding hydrogens is 243 g/mol. The van der Waals surface area contributed by atoms with Gasteiger partial charge in [0, 0.05) is 19.3 Å². The molecule has 0 unspecified atom stereocenters. The molecule has 0 aromatic carbocycles. The van der Waals surface area contributed by atoms with E-state index in [1.165, 1.54) is 6.20 Å². The van der Waals surface area contributed by atoms with Gasteiger partial charge in [-0.2, -0.15) is 18.4 Å². The molecule has 0 N–H and O–H groups in total. The van der Waals surface area contributed by atoms with E-state index in [4.69, 9.17) is 5.26 Å². The molecule has 2 rings (SSSR count). The Morgan fingerprint density at radius 2 is 2.22 bits per heavy atom. The first kappa shape index (κ1) is 12.7. The molecule has 6 heteroatoms. The van der Waals surface area contributed by atoms with E-state index in [2.05, 4.69) is 4.98 Å². The molecule has 1 aliphatic heterocycles. The van der Waals surface area contributed by atoms with Crippen molar-refractivity contribution < 1.29 is 13.2 Å². The van der Waals surface area contributed by atoms with Gasteiger partial charge >= 0.3 is 6.18 Å². The lowest BCUT2D eigenvalue weighted by molar-refractivity contribution is -0.176. The van der Waals surface area contributed by atoms with Gasteiger partial charge in [0.25, 0.3) is 0 Å². The summed E-state index contributed by atoms with van der Waals surface area (Å²) in [5, 5.41) is 8.94. The Morgan fingerprint density at radius 3 is 2.89 bits per heavy atom. The van der Waals surface area contributed by atoms with Gasteiger partial charge < -0.3 is 4.90 Å². The maximum Gasteiger partial charge on any atom is 0.393 e. The zero-order valence-corrected chi connectivity index (χ0v) is 9.61. The second-order valence-corrected chi connectivity index (χ2v) is 4.31. The Labute approximate surface area is 103 Å². The van der Waals surface area contributed by atoms with Gasteiger partial charge in [0.15, 0.2) is 0 Å². The monoisotopic (exact) mass is 255 g/mol. The van der Waals surface area contributed by atoms with Crippen molar-refractivity contribution in [3.63, 3.8) is 0 Å². The molecule has 3 nitrogen and oxygen atoms in total. The number of pyridine rings is 1. The highest BCUT2D eigenvalue weighted by molar-refractivity contribution is 5.53. The van der Waals surface area contributed by atoms with Crippen LogP contribution < -0.4 is 4.90 Å². The largest absolute Gasteiger partial charge is 0.393 e. The molecule has 18 heavy (non-hydrogen) atoms. The summed E-state index contributed by atoms with van der Waals surface area (Å²) in [7, 11) is 0. The maximum absolute atomic E-state index is 12.7. The minimum absolute atomic E-state index is 0.116. The average Bonchev–Trinajstić information content (AvgIpc) is 2.38. The molecule has 1 aromatic rings. The van der Waals surface area contributed by atoms with Crippen molar-refractivity contribution in [3.05, 3.63) is 23.9 Å². The predicted molar refractivity (Wildman–Crippen MR) is 59.9 cm³/mol. The van der Waals surface area contributed by atoms with Crippen LogP contribution in [0.2, 0.25) is 0 Å². The van der Waals surface area contributed by atoms with Gasteiger partial charge in [-0.3, -0.25) is 0 Å². The number of nitrogens with zero attached hydrogens (tertiary/aromatic N) is 3. The van der Waals surface area contributed by atoms with Crippen LogP contribution in [0, 0.1) is 17.2 Å². The topological polar surface area (TPSA) is 39.9 Å². The minimum Gasteiger partial charge on any atom is -0.355 e. The lowest BCUT2D eigenvalue weighted by atomic mass is 9.97. The summed E-state index contributed by atoms with van der Waals surface area (Å²) in [6.45, 7) is 0.396. The maximum atomic E-state index is 12.7. The van der Waals surface area contributed by atoms with Gasteiger partial charge in [0.05, 0.1) is 11.5 Å². The van der Waals surface area contributed by atoms with E-state index in [0.29, 0.717) is 24.3 Å². The van der Waals surface area contributed by atoms with Crippen LogP contribution >= 0.6 is 0 Å². The van der Waals surface area contributed by atoms with Crippen LogP contribution in [0.4, 0.5) is 19.0 Å². The van der Waals surface area contributed by atoms with E-state index in [0.717, 1.165) is 0 Å². The van der Waals surface area contributed by atoms with Gasteiger partial charge in [-0.05, 0) is 25.0 Å². The molecule has 0 aliphatic carbocycles. The van der Waals surface area contributed by atoms with Crippen LogP contribution in [-0.4, -0.2) is 24.2 Å². The predicted octanol–water partition coefficient (Wildman–Crippen LogP) is 2.73. The summed E-state index contributed by atoms with van der Waals surface area (Å²) in [4.78, 5) is 5.58. The smallest absolute Gasteiger partial charge is 0.355 e. The number of nitriles is 1. The van der Waals surface area contributed by atoms with E-state index in [1.807, 2.05) is 6.07 Å². The van der Waals surface area contributed by atoms with E-state index in [9.17, 15) is 13.2 Å². The lowest BCUT2D eigenvalue weighted by Crippen LogP contribution is -2.42. The van der Waals surface area contributed by atoms with Crippen molar-refractivity contribution in [2.45, 2.75) is 19.0 Å². The van der Waals surface area contributed by atoms with Crippen LogP contribution in [0.15, 0.2) is 18.3 Å². The first-order chi connectivity index (χ1) is 8.52. The highest BCUT2D eigenvalue weighted by Gasteiger charge is 2.42. The van der Waals surface area contributed by atoms with Crippen molar-refractivity contribution in [1.29, 1.82) is 5.26 Å². The molecule has 2 heterocycles. The zero-order chi connectivity index (χ0) is 13.2. The van der Waals surface area contributed by atoms with Gasteiger partial charge in [0.1, 0.15) is 11.9 Å². The molecule has 1 atom stereocenters. The highest BCUT2D eigenvalue weighted by atomic mass is 19.4. The zero-order valence-electron chi connectivity index (χ0n) is 9.61. The third-order valence-corrected chi connectivity index (χ3v) is 3.09. The van der Waals surface area contributed by atoms with E-state index in [-0.39, 0.29) is 13.0 Å². The van der Waals surface area contributed by atoms with Crippen molar-refractivity contribution in [2.75, 3.05) is 18.0 Å². The molecule has 1 aromatic heterocycles. The number of piperidine rings is 1. The fourth-order valence-corrected chi connectivity index (χ4v) is 2.17. The summed E-state index contributed by atoms with van der Waals surface area (Å²) in [6.07, 6.45) is -2.08. The molecule has 0 saturated carbocycles. The van der Waals surface area contributed by atoms with Gasteiger partial charge in [0.2, 0.25) is 0 Å². The summed E-state index contributed by atoms with van der Waals surface area (Å²) in [6, 6.07) is 5.13. The first-order valence-electron chi connectivity index (χ1n) is 5.69. The number of aromatic nitrogens is 1. The third kappa shape index (κ3) is 2.55. The van der Waals surface area contributed by atoms with E-state index >= 15 is 0 Å². The highest BCUT2D eigenvalue weighted by Crippen LogP contribution is 2.34. The van der Waals surface area contributed by atoms with Gasteiger partial charge in [-0.25, -0.2) is 4.98 Å². The van der Waals surface area contributed by atoms with Crippen LogP contribution in [0.1, 0.15) is 18.4 Å². The quantitative estimate of drug-likeness (QED) is 0.774. The molecule has 1 fully saturated rings. The molecule has 96 valence electrons. The fourth-order valence-electron chi connectivity index (χ4n) is 2.17. The number of rotatable bonds is 1. The van der Waals surface area contributed by atoms with Crippen molar-refractivity contribution in [1.82, 2.24) is 4.98 Å². The van der Waals surface area contributed by atoms with Gasteiger partial charge in [-0.15, -0.1) is 0 Å². The second-order valence-electron chi connectivity index (χ2n) is 4.31. The van der Waals surface area contributed by atoms with E-state index in [1.54, 1.807) is 17.0 Å². The normalized spacial score (nSPS) is 20.6. The number of hydrogen-bond donors (Lipinski definition) is 0. The van der Waals surface area contributed by atoms with Crippen LogP contribution in [0.25, 0.3) is 0 Å². The Hall–Kier alpha value is -1.77. The number of anilines is 1. The molecule has 0 radical (unpaired) electrons. The SMILES string of the molecule is N#Cc1cccnc1N1CCC[C@H](C(F)(F)F)C1. The Bertz CT molecular complexity index is 464. The van der Waals surface area contributed by atoms with Crippen molar-refractivity contribution in [3.8, 4) is 6.07 Å². The molecule has 1 aliphatic rings. The van der Waals surface area contributed by atoms with Gasteiger partial charge in [-0.1, -0.05) is 0 Å². The lowest BCUT2D eigenvalue weighted by Gasteiger charge is -2.34. The van der Waals surface area contributed by atoms with Crippen LogP contribution in [-0.2, 0) is 0 Å². The van der Waals surface area contributed by atoms with Crippen molar-refractivity contribution in [2.24, 2.45) is 5.92 Å². The van der Waals surface area contributed by atoms with Crippen LogP contribution in [0.3, 0.4) is 0 Å². The second kappa shape index (κ2) is 4.84. The van der Waals surface area contributed by atoms with E-state index < -0.39 is 12.1 Å². The Morgan fingerprint density at radius 1 is 1.44 bits per heavy atom. The number of alkyl halides is 3. The Balaban J connectivity index is 2.21. The molecular formula is C12H12F3N3. The van der Waals surface area contributed by atoms with Crippen molar-refractivity contribution >= 4 is 5.82 Å².